The highest BCUT2D eigenvalue weighted by atomic mass is 19.3. The second kappa shape index (κ2) is 11.8. The van der Waals surface area contributed by atoms with Gasteiger partial charge in [-0.15, -0.1) is 6.42 Å². The summed E-state index contributed by atoms with van der Waals surface area (Å²) >= 11 is 0. The van der Waals surface area contributed by atoms with Gasteiger partial charge in [0.2, 0.25) is 0 Å². The number of halogens is 4. The molecule has 3 aliphatic heterocycles. The normalized spacial score (nSPS) is 24.6. The smallest absolute Gasteiger partial charge is 0.319 e. The van der Waals surface area contributed by atoms with Gasteiger partial charge in [0.1, 0.15) is 35.0 Å². The molecule has 52 heavy (non-hydrogen) atoms. The number of aryl methyl sites for hydroxylation is 1. The largest absolute Gasteiger partial charge is 0.508 e. The number of fused-ring (bicyclic) bond motifs is 5. The summed E-state index contributed by atoms with van der Waals surface area (Å²) in [7, 11) is 1.71. The van der Waals surface area contributed by atoms with Gasteiger partial charge in [0.25, 0.3) is 6.08 Å². The number of hydrogen-bond acceptors (Lipinski definition) is 8. The van der Waals surface area contributed by atoms with E-state index in [0.29, 0.717) is 60.9 Å². The summed E-state index contributed by atoms with van der Waals surface area (Å²) in [6.07, 6.45) is 10.3. The van der Waals surface area contributed by atoms with Crippen molar-refractivity contribution in [2.24, 2.45) is 12.5 Å². The molecule has 9 rings (SSSR count). The average molecular weight is 713 g/mol. The zero-order valence-corrected chi connectivity index (χ0v) is 28.5. The fourth-order valence-corrected chi connectivity index (χ4v) is 9.54. The molecule has 4 aliphatic rings. The van der Waals surface area contributed by atoms with Crippen molar-refractivity contribution in [1.82, 2.24) is 24.6 Å². The van der Waals surface area contributed by atoms with Crippen LogP contribution in [0.3, 0.4) is 0 Å². The molecular formula is C39H36F4N6O3. The minimum Gasteiger partial charge on any atom is -0.508 e. The number of ether oxygens (including phenoxy) is 1. The third-order valence-corrected chi connectivity index (χ3v) is 11.8. The van der Waals surface area contributed by atoms with Crippen molar-refractivity contribution in [2.45, 2.75) is 56.6 Å². The van der Waals surface area contributed by atoms with E-state index in [1.807, 2.05) is 4.90 Å². The molecule has 0 radical (unpaired) electrons. The van der Waals surface area contributed by atoms with Gasteiger partial charge in [-0.3, -0.25) is 9.58 Å². The van der Waals surface area contributed by atoms with Crippen molar-refractivity contribution in [3.8, 4) is 35.2 Å². The van der Waals surface area contributed by atoms with Gasteiger partial charge < -0.3 is 19.8 Å². The number of anilines is 1. The lowest BCUT2D eigenvalue weighted by molar-refractivity contribution is -0.0396. The van der Waals surface area contributed by atoms with E-state index in [1.165, 1.54) is 24.3 Å². The maximum atomic E-state index is 17.6. The summed E-state index contributed by atoms with van der Waals surface area (Å²) < 4.78 is 68.2. The minimum absolute atomic E-state index is 0.0246. The third kappa shape index (κ3) is 5.02. The highest BCUT2D eigenvalue weighted by Crippen LogP contribution is 2.50. The van der Waals surface area contributed by atoms with Gasteiger partial charge in [-0.2, -0.15) is 23.8 Å². The SMILES string of the molecule is C#Cc1c(F)ccc2cc(O)cc(-c3c(F)c4nc(OC[C@@]56CCCN5CC(=C(F)F)C6)nc(N5CCCC6(CC(O)C6)C5)c4c4cn(C)nc34)c12. The number of phenols is 1. The number of benzene rings is 3. The van der Waals surface area contributed by atoms with Gasteiger partial charge in [-0.05, 0) is 86.1 Å². The van der Waals surface area contributed by atoms with Crippen molar-refractivity contribution < 1.29 is 32.5 Å². The quantitative estimate of drug-likeness (QED) is 0.152. The van der Waals surface area contributed by atoms with Crippen molar-refractivity contribution in [2.75, 3.05) is 37.7 Å². The Bertz CT molecular complexity index is 2390. The first-order valence-electron chi connectivity index (χ1n) is 17.6. The Morgan fingerprint density at radius 3 is 2.65 bits per heavy atom. The molecule has 1 aliphatic carbocycles. The van der Waals surface area contributed by atoms with Gasteiger partial charge in [0, 0.05) is 54.8 Å². The number of phenolic OH excluding ortho intramolecular Hbond substituents is 1. The molecule has 0 amide bonds. The van der Waals surface area contributed by atoms with E-state index in [1.54, 1.807) is 17.9 Å². The zero-order chi connectivity index (χ0) is 36.1. The molecule has 1 atom stereocenters. The van der Waals surface area contributed by atoms with Crippen LogP contribution < -0.4 is 9.64 Å². The third-order valence-electron chi connectivity index (χ3n) is 11.8. The van der Waals surface area contributed by atoms with E-state index >= 15 is 8.78 Å². The Balaban J connectivity index is 1.27. The van der Waals surface area contributed by atoms with Crippen molar-refractivity contribution in [1.29, 1.82) is 0 Å². The number of aromatic nitrogens is 4. The molecule has 4 fully saturated rings. The number of aliphatic hydroxyl groups excluding tert-OH is 1. The monoisotopic (exact) mass is 712 g/mol. The lowest BCUT2D eigenvalue weighted by atomic mass is 9.62. The van der Waals surface area contributed by atoms with Crippen LogP contribution in [0.4, 0.5) is 23.4 Å². The van der Waals surface area contributed by atoms with Gasteiger partial charge in [-0.1, -0.05) is 12.0 Å². The summed E-state index contributed by atoms with van der Waals surface area (Å²) in [6, 6.07) is 5.37. The molecule has 1 spiro atoms. The number of hydrogen-bond donors (Lipinski definition) is 2. The van der Waals surface area contributed by atoms with Crippen LogP contribution >= 0.6 is 0 Å². The van der Waals surface area contributed by atoms with E-state index < -0.39 is 23.3 Å². The molecule has 268 valence electrons. The molecule has 5 aromatic rings. The van der Waals surface area contributed by atoms with Crippen molar-refractivity contribution in [3.05, 3.63) is 59.3 Å². The molecule has 5 heterocycles. The van der Waals surface area contributed by atoms with Crippen molar-refractivity contribution >= 4 is 38.4 Å². The number of aliphatic hydroxyl groups is 1. The lowest BCUT2D eigenvalue weighted by Crippen LogP contribution is -2.52. The van der Waals surface area contributed by atoms with Gasteiger partial charge in [0.15, 0.2) is 5.82 Å². The van der Waals surface area contributed by atoms with E-state index in [4.69, 9.17) is 16.1 Å². The van der Waals surface area contributed by atoms with Crippen LogP contribution in [0.1, 0.15) is 50.5 Å². The highest BCUT2D eigenvalue weighted by Gasteiger charge is 2.49. The summed E-state index contributed by atoms with van der Waals surface area (Å²) in [4.78, 5) is 13.7. The van der Waals surface area contributed by atoms with Crippen LogP contribution in [0.25, 0.3) is 43.7 Å². The highest BCUT2D eigenvalue weighted by molar-refractivity contribution is 6.18. The lowest BCUT2D eigenvalue weighted by Gasteiger charge is -2.51. The molecule has 3 aromatic carbocycles. The number of rotatable bonds is 5. The standard InChI is InChI=1S/C39H36F4N6O3/c1-3-25-28(40)7-6-21-12-23(50)13-26(29(21)25)30-32(41)34-31(27-18-47(2)46-33(27)30)36(48-10-4-8-38(19-48)15-24(51)16-38)45-37(44-34)52-20-39-9-5-11-49(39)17-22(14-39)35(42)43/h1,6-7,12-13,18,24,50-51H,4-5,8-11,14-17,19-20H2,2H3/t24?,38?,39-/m0/s1. The molecule has 1 saturated carbocycles. The van der Waals surface area contributed by atoms with Gasteiger partial charge >= 0.3 is 6.01 Å². The molecule has 13 heteroatoms. The number of piperidine rings is 1. The van der Waals surface area contributed by atoms with E-state index in [9.17, 15) is 19.0 Å². The molecule has 2 aromatic heterocycles. The van der Waals surface area contributed by atoms with Gasteiger partial charge in [0.05, 0.1) is 22.6 Å². The molecular weight excluding hydrogens is 676 g/mol. The molecule has 2 N–H and O–H groups in total. The van der Waals surface area contributed by atoms with Crippen LogP contribution in [0.5, 0.6) is 11.8 Å². The molecule has 0 bridgehead atoms. The first-order valence-corrected chi connectivity index (χ1v) is 17.6. The Hall–Kier alpha value is -4.93. The first-order chi connectivity index (χ1) is 25.0. The Morgan fingerprint density at radius 1 is 1.08 bits per heavy atom. The first kappa shape index (κ1) is 32.9. The summed E-state index contributed by atoms with van der Waals surface area (Å²) in [5, 5.41) is 27.4. The van der Waals surface area contributed by atoms with E-state index in [0.717, 1.165) is 19.3 Å². The molecule has 3 saturated heterocycles. The fourth-order valence-electron chi connectivity index (χ4n) is 9.54. The minimum atomic E-state index is -1.67. The maximum absolute atomic E-state index is 17.6. The van der Waals surface area contributed by atoms with Crippen LogP contribution in [-0.4, -0.2) is 79.3 Å². The second-order valence-electron chi connectivity index (χ2n) is 15.1. The predicted molar refractivity (Wildman–Crippen MR) is 188 cm³/mol. The van der Waals surface area contributed by atoms with Crippen LogP contribution in [0.2, 0.25) is 0 Å². The van der Waals surface area contributed by atoms with E-state index in [2.05, 4.69) is 20.9 Å². The fraction of sp³-hybridized carbons (Fsp3) is 0.410. The van der Waals surface area contributed by atoms with Crippen molar-refractivity contribution in [3.63, 3.8) is 0 Å². The van der Waals surface area contributed by atoms with E-state index in [-0.39, 0.29) is 81.5 Å². The summed E-state index contributed by atoms with van der Waals surface area (Å²) in [5.41, 5.74) is -0.444. The number of terminal acetylenes is 1. The molecule has 0 unspecified atom stereocenters. The Kier molecular flexibility index (Phi) is 7.47. The average Bonchev–Trinajstić information content (AvgIpc) is 3.79. The van der Waals surface area contributed by atoms with Crippen LogP contribution in [-0.2, 0) is 7.05 Å². The van der Waals surface area contributed by atoms with Crippen LogP contribution in [0, 0.1) is 29.4 Å². The number of nitrogens with zero attached hydrogens (tertiary/aromatic N) is 6. The summed E-state index contributed by atoms with van der Waals surface area (Å²) in [6.45, 7) is 2.09. The number of aromatic hydroxyl groups is 1. The summed E-state index contributed by atoms with van der Waals surface area (Å²) in [5.74, 6) is 1.22. The molecule has 9 nitrogen and oxygen atoms in total. The van der Waals surface area contributed by atoms with Gasteiger partial charge in [-0.25, -0.2) is 8.78 Å². The maximum Gasteiger partial charge on any atom is 0.319 e. The van der Waals surface area contributed by atoms with Crippen LogP contribution in [0.15, 0.2) is 42.1 Å². The topological polar surface area (TPSA) is 99.8 Å². The predicted octanol–water partition coefficient (Wildman–Crippen LogP) is 6.81. The zero-order valence-electron chi connectivity index (χ0n) is 28.5. The Labute approximate surface area is 296 Å². The Morgan fingerprint density at radius 2 is 1.88 bits per heavy atom. The second-order valence-corrected chi connectivity index (χ2v) is 15.1.